The number of aryl methyl sites for hydroxylation is 1. The fourth-order valence-corrected chi connectivity index (χ4v) is 2.23. The van der Waals surface area contributed by atoms with Crippen molar-refractivity contribution in [2.45, 2.75) is 32.7 Å². The van der Waals surface area contributed by atoms with Gasteiger partial charge in [-0.15, -0.1) is 0 Å². The molecule has 0 aliphatic rings. The Hall–Kier alpha value is -1.58. The molecule has 0 saturated carbocycles. The van der Waals surface area contributed by atoms with Gasteiger partial charge in [-0.1, -0.05) is 24.6 Å². The van der Waals surface area contributed by atoms with Crippen LogP contribution in [0.4, 0.5) is 4.39 Å². The minimum absolute atomic E-state index is 0.0411. The molecule has 0 saturated heterocycles. The summed E-state index contributed by atoms with van der Waals surface area (Å²) in [5.41, 5.74) is 7.82. The Morgan fingerprint density at radius 3 is 2.67 bits per heavy atom. The quantitative estimate of drug-likeness (QED) is 0.856. The van der Waals surface area contributed by atoms with E-state index < -0.39 is 0 Å². The molecule has 0 spiro atoms. The van der Waals surface area contributed by atoms with Crippen LogP contribution in [0.3, 0.4) is 0 Å². The van der Waals surface area contributed by atoms with Crippen molar-refractivity contribution in [3.8, 4) is 11.5 Å². The SMILES string of the molecule is CCC(N)Cc1cc(Cl)ccc1Oc1cc(F)ccc1C. The van der Waals surface area contributed by atoms with Crippen molar-refractivity contribution in [1.82, 2.24) is 0 Å². The highest BCUT2D eigenvalue weighted by Gasteiger charge is 2.11. The molecule has 2 nitrogen and oxygen atoms in total. The Morgan fingerprint density at radius 2 is 1.95 bits per heavy atom. The third kappa shape index (κ3) is 4.19. The molecule has 0 aromatic heterocycles. The summed E-state index contributed by atoms with van der Waals surface area (Å²) in [6.45, 7) is 3.91. The highest BCUT2D eigenvalue weighted by Crippen LogP contribution is 2.31. The molecule has 2 rings (SSSR count). The lowest BCUT2D eigenvalue weighted by Crippen LogP contribution is -2.21. The fraction of sp³-hybridized carbons (Fsp3) is 0.294. The van der Waals surface area contributed by atoms with Crippen LogP contribution in [0.2, 0.25) is 5.02 Å². The summed E-state index contributed by atoms with van der Waals surface area (Å²) in [4.78, 5) is 0. The Kier molecular flexibility index (Phi) is 5.21. The van der Waals surface area contributed by atoms with Gasteiger partial charge in [0.1, 0.15) is 17.3 Å². The minimum atomic E-state index is -0.323. The van der Waals surface area contributed by atoms with Gasteiger partial charge in [0, 0.05) is 17.1 Å². The molecule has 0 amide bonds. The van der Waals surface area contributed by atoms with E-state index >= 15 is 0 Å². The van der Waals surface area contributed by atoms with Crippen LogP contribution in [0.15, 0.2) is 36.4 Å². The highest BCUT2D eigenvalue weighted by molar-refractivity contribution is 6.30. The Balaban J connectivity index is 2.32. The average Bonchev–Trinajstić information content (AvgIpc) is 2.45. The van der Waals surface area contributed by atoms with E-state index in [9.17, 15) is 4.39 Å². The number of rotatable bonds is 5. The molecular weight excluding hydrogens is 289 g/mol. The van der Waals surface area contributed by atoms with Gasteiger partial charge in [-0.3, -0.25) is 0 Å². The van der Waals surface area contributed by atoms with E-state index in [0.29, 0.717) is 22.9 Å². The number of nitrogens with two attached hydrogens (primary N) is 1. The first-order valence-corrected chi connectivity index (χ1v) is 7.35. The van der Waals surface area contributed by atoms with E-state index in [-0.39, 0.29) is 11.9 Å². The Bertz CT molecular complexity index is 630. The van der Waals surface area contributed by atoms with Crippen molar-refractivity contribution < 1.29 is 9.13 Å². The van der Waals surface area contributed by atoms with Gasteiger partial charge < -0.3 is 10.5 Å². The standard InChI is InChI=1S/C17H19ClFNO/c1-3-15(20)9-12-8-13(18)5-7-16(12)21-17-10-14(19)6-4-11(17)2/h4-8,10,15H,3,9,20H2,1-2H3. The molecule has 2 N–H and O–H groups in total. The predicted molar refractivity (Wildman–Crippen MR) is 84.6 cm³/mol. The maximum absolute atomic E-state index is 13.4. The molecule has 21 heavy (non-hydrogen) atoms. The van der Waals surface area contributed by atoms with E-state index in [2.05, 4.69) is 0 Å². The molecule has 0 bridgehead atoms. The van der Waals surface area contributed by atoms with Crippen LogP contribution in [0, 0.1) is 12.7 Å². The van der Waals surface area contributed by atoms with E-state index in [4.69, 9.17) is 22.1 Å². The van der Waals surface area contributed by atoms with Crippen molar-refractivity contribution >= 4 is 11.6 Å². The van der Waals surface area contributed by atoms with Crippen LogP contribution in [0.1, 0.15) is 24.5 Å². The maximum atomic E-state index is 13.4. The molecule has 0 heterocycles. The van der Waals surface area contributed by atoms with Gasteiger partial charge in [-0.25, -0.2) is 4.39 Å². The van der Waals surface area contributed by atoms with Crippen molar-refractivity contribution in [2.24, 2.45) is 5.73 Å². The number of ether oxygens (including phenoxy) is 1. The van der Waals surface area contributed by atoms with Crippen LogP contribution >= 0.6 is 11.6 Å². The topological polar surface area (TPSA) is 35.2 Å². The van der Waals surface area contributed by atoms with Gasteiger partial charge in [-0.05, 0) is 55.2 Å². The second kappa shape index (κ2) is 6.92. The predicted octanol–water partition coefficient (Wildman–Crippen LogP) is 4.86. The van der Waals surface area contributed by atoms with Crippen molar-refractivity contribution in [1.29, 1.82) is 0 Å². The normalized spacial score (nSPS) is 12.2. The summed E-state index contributed by atoms with van der Waals surface area (Å²) < 4.78 is 19.2. The van der Waals surface area contributed by atoms with Gasteiger partial charge in [0.2, 0.25) is 0 Å². The zero-order chi connectivity index (χ0) is 15.4. The molecule has 0 aliphatic carbocycles. The lowest BCUT2D eigenvalue weighted by molar-refractivity contribution is 0.463. The number of hydrogen-bond donors (Lipinski definition) is 1. The summed E-state index contributed by atoms with van der Waals surface area (Å²) in [6, 6.07) is 9.93. The summed E-state index contributed by atoms with van der Waals surface area (Å²) >= 11 is 6.05. The lowest BCUT2D eigenvalue weighted by atomic mass is 10.0. The van der Waals surface area contributed by atoms with Crippen LogP contribution in [0.25, 0.3) is 0 Å². The van der Waals surface area contributed by atoms with E-state index in [1.807, 2.05) is 19.9 Å². The summed E-state index contributed by atoms with van der Waals surface area (Å²) in [5, 5.41) is 0.636. The maximum Gasteiger partial charge on any atom is 0.133 e. The Morgan fingerprint density at radius 1 is 1.19 bits per heavy atom. The zero-order valence-electron chi connectivity index (χ0n) is 12.2. The molecule has 0 fully saturated rings. The first kappa shape index (κ1) is 15.8. The van der Waals surface area contributed by atoms with Gasteiger partial charge in [0.25, 0.3) is 0 Å². The third-order valence-corrected chi connectivity index (χ3v) is 3.63. The van der Waals surface area contributed by atoms with Crippen molar-refractivity contribution in [3.63, 3.8) is 0 Å². The van der Waals surface area contributed by atoms with E-state index in [0.717, 1.165) is 17.5 Å². The molecule has 0 aliphatic heterocycles. The molecular formula is C17H19ClFNO. The van der Waals surface area contributed by atoms with E-state index in [1.54, 1.807) is 18.2 Å². The van der Waals surface area contributed by atoms with Gasteiger partial charge in [0.15, 0.2) is 0 Å². The fourth-order valence-electron chi connectivity index (χ4n) is 2.04. The number of hydrogen-bond acceptors (Lipinski definition) is 2. The number of benzene rings is 2. The average molecular weight is 308 g/mol. The molecule has 2 aromatic rings. The van der Waals surface area contributed by atoms with Gasteiger partial charge >= 0.3 is 0 Å². The van der Waals surface area contributed by atoms with E-state index in [1.165, 1.54) is 12.1 Å². The van der Waals surface area contributed by atoms with Crippen molar-refractivity contribution in [2.75, 3.05) is 0 Å². The zero-order valence-corrected chi connectivity index (χ0v) is 13.0. The number of halogens is 2. The second-order valence-corrected chi connectivity index (χ2v) is 5.57. The molecule has 2 aromatic carbocycles. The van der Waals surface area contributed by atoms with Gasteiger partial charge in [-0.2, -0.15) is 0 Å². The molecule has 0 radical (unpaired) electrons. The summed E-state index contributed by atoms with van der Waals surface area (Å²) in [7, 11) is 0. The minimum Gasteiger partial charge on any atom is -0.457 e. The molecule has 112 valence electrons. The summed E-state index contributed by atoms with van der Waals surface area (Å²) in [6.07, 6.45) is 1.53. The first-order chi connectivity index (χ1) is 9.99. The van der Waals surface area contributed by atoms with Crippen molar-refractivity contribution in [3.05, 3.63) is 58.4 Å². The molecule has 1 unspecified atom stereocenters. The summed E-state index contributed by atoms with van der Waals surface area (Å²) in [5.74, 6) is 0.844. The smallest absolute Gasteiger partial charge is 0.133 e. The largest absolute Gasteiger partial charge is 0.457 e. The highest BCUT2D eigenvalue weighted by atomic mass is 35.5. The molecule has 4 heteroatoms. The van der Waals surface area contributed by atoms with Crippen LogP contribution in [-0.2, 0) is 6.42 Å². The van der Waals surface area contributed by atoms with Gasteiger partial charge in [0.05, 0.1) is 0 Å². The Labute approximate surface area is 129 Å². The van der Waals surface area contributed by atoms with Crippen LogP contribution in [-0.4, -0.2) is 6.04 Å². The third-order valence-electron chi connectivity index (χ3n) is 3.40. The van der Waals surface area contributed by atoms with Crippen LogP contribution in [0.5, 0.6) is 11.5 Å². The lowest BCUT2D eigenvalue weighted by Gasteiger charge is -2.15. The molecule has 1 atom stereocenters. The monoisotopic (exact) mass is 307 g/mol. The second-order valence-electron chi connectivity index (χ2n) is 5.14. The van der Waals surface area contributed by atoms with Crippen LogP contribution < -0.4 is 10.5 Å². The first-order valence-electron chi connectivity index (χ1n) is 6.97.